The van der Waals surface area contributed by atoms with Gasteiger partial charge in [-0.25, -0.2) is 4.98 Å². The highest BCUT2D eigenvalue weighted by molar-refractivity contribution is 7.18. The average Bonchev–Trinajstić information content (AvgIpc) is 2.53. The van der Waals surface area contributed by atoms with Crippen molar-refractivity contribution in [3.8, 4) is 0 Å². The molecule has 3 nitrogen and oxygen atoms in total. The van der Waals surface area contributed by atoms with Crippen molar-refractivity contribution >= 4 is 27.2 Å². The van der Waals surface area contributed by atoms with E-state index in [1.54, 1.807) is 6.92 Å². The number of hydrazine groups is 1. The summed E-state index contributed by atoms with van der Waals surface area (Å²) in [5.74, 6) is 5.08. The lowest BCUT2D eigenvalue weighted by atomic mass is 10.1. The zero-order valence-corrected chi connectivity index (χ0v) is 9.04. The minimum Gasteiger partial charge on any atom is -0.323 e. The van der Waals surface area contributed by atoms with Crippen LogP contribution in [0.3, 0.4) is 0 Å². The van der Waals surface area contributed by atoms with Crippen LogP contribution in [0.5, 0.6) is 0 Å². The molecular weight excluding hydrogens is 239 g/mol. The second-order valence-corrected chi connectivity index (χ2v) is 4.48. The number of thiazole rings is 1. The Labute approximate surface area is 93.1 Å². The third-order valence-electron chi connectivity index (χ3n) is 2.10. The zero-order chi connectivity index (χ0) is 11.9. The molecule has 0 unspecified atom stereocenters. The molecule has 2 rings (SSSR count). The van der Waals surface area contributed by atoms with Gasteiger partial charge in [0.1, 0.15) is 0 Å². The number of alkyl halides is 3. The lowest BCUT2D eigenvalue weighted by molar-refractivity contribution is -0.136. The molecular formula is C9H8F3N3S. The minimum absolute atomic E-state index is 0.136. The first-order valence-corrected chi connectivity index (χ1v) is 5.18. The lowest BCUT2D eigenvalue weighted by Crippen LogP contribution is -2.14. The van der Waals surface area contributed by atoms with Crippen LogP contribution in [-0.4, -0.2) is 4.98 Å². The summed E-state index contributed by atoms with van der Waals surface area (Å²) in [6.45, 7) is 1.74. The van der Waals surface area contributed by atoms with Crippen LogP contribution >= 0.6 is 11.3 Å². The highest BCUT2D eigenvalue weighted by Gasteiger charge is 2.34. The van der Waals surface area contributed by atoms with E-state index in [9.17, 15) is 13.2 Å². The summed E-state index contributed by atoms with van der Waals surface area (Å²) in [6.07, 6.45) is -4.44. The number of fused-ring (bicyclic) bond motifs is 1. The number of anilines is 1. The van der Waals surface area contributed by atoms with E-state index in [1.165, 1.54) is 17.4 Å². The molecule has 0 aliphatic carbocycles. The Kier molecular flexibility index (Phi) is 2.51. The first-order valence-electron chi connectivity index (χ1n) is 4.37. The van der Waals surface area contributed by atoms with Crippen LogP contribution in [0.4, 0.5) is 18.9 Å². The number of benzene rings is 1. The second kappa shape index (κ2) is 3.60. The maximum atomic E-state index is 12.7. The van der Waals surface area contributed by atoms with Crippen molar-refractivity contribution in [3.63, 3.8) is 0 Å². The molecule has 0 saturated heterocycles. The Morgan fingerprint density at radius 2 is 2.06 bits per heavy atom. The standard InChI is InChI=1S/C9H8F3N3S/c1-4-14-7-2-5(9(10,11)12)6(15-13)3-8(7)16-4/h2-3,15H,13H2,1H3. The molecule has 1 heterocycles. The van der Waals surface area contributed by atoms with Crippen molar-refractivity contribution < 1.29 is 13.2 Å². The van der Waals surface area contributed by atoms with Crippen LogP contribution in [0.1, 0.15) is 10.6 Å². The molecule has 0 fully saturated rings. The van der Waals surface area contributed by atoms with E-state index in [1.807, 2.05) is 0 Å². The monoisotopic (exact) mass is 247 g/mol. The minimum atomic E-state index is -4.44. The summed E-state index contributed by atoms with van der Waals surface area (Å²) in [6, 6.07) is 2.37. The van der Waals surface area contributed by atoms with Gasteiger partial charge in [-0.2, -0.15) is 13.2 Å². The van der Waals surface area contributed by atoms with Gasteiger partial charge in [0, 0.05) is 0 Å². The number of halogens is 3. The maximum Gasteiger partial charge on any atom is 0.418 e. The summed E-state index contributed by atoms with van der Waals surface area (Å²) in [5.41, 5.74) is 1.47. The molecule has 0 saturated carbocycles. The van der Waals surface area contributed by atoms with Gasteiger partial charge in [0.25, 0.3) is 0 Å². The number of aromatic nitrogens is 1. The van der Waals surface area contributed by atoms with Gasteiger partial charge in [0.2, 0.25) is 0 Å². The molecule has 0 aliphatic rings. The van der Waals surface area contributed by atoms with Crippen molar-refractivity contribution in [3.05, 3.63) is 22.7 Å². The molecule has 0 bridgehead atoms. The molecule has 0 atom stereocenters. The van der Waals surface area contributed by atoms with Crippen molar-refractivity contribution in [1.82, 2.24) is 4.98 Å². The predicted octanol–water partition coefficient (Wildman–Crippen LogP) is 2.91. The van der Waals surface area contributed by atoms with E-state index in [0.717, 1.165) is 11.1 Å². The zero-order valence-electron chi connectivity index (χ0n) is 8.22. The van der Waals surface area contributed by atoms with Gasteiger partial charge in [-0.1, -0.05) is 0 Å². The van der Waals surface area contributed by atoms with Gasteiger partial charge in [-0.15, -0.1) is 11.3 Å². The summed E-state index contributed by atoms with van der Waals surface area (Å²) < 4.78 is 38.6. The van der Waals surface area contributed by atoms with E-state index < -0.39 is 11.7 Å². The number of rotatable bonds is 1. The molecule has 0 spiro atoms. The van der Waals surface area contributed by atoms with Crippen LogP contribution in [0.15, 0.2) is 12.1 Å². The van der Waals surface area contributed by atoms with Gasteiger partial charge < -0.3 is 5.43 Å². The summed E-state index contributed by atoms with van der Waals surface area (Å²) in [4.78, 5) is 4.01. The fourth-order valence-corrected chi connectivity index (χ4v) is 2.29. The Hall–Kier alpha value is -1.34. The molecule has 0 aliphatic heterocycles. The molecule has 1 aromatic carbocycles. The fraction of sp³-hybridized carbons (Fsp3) is 0.222. The first-order chi connectivity index (χ1) is 7.41. The topological polar surface area (TPSA) is 50.9 Å². The maximum absolute atomic E-state index is 12.7. The van der Waals surface area contributed by atoms with E-state index in [4.69, 9.17) is 5.84 Å². The molecule has 0 radical (unpaired) electrons. The van der Waals surface area contributed by atoms with Crippen LogP contribution in [0, 0.1) is 6.92 Å². The Morgan fingerprint density at radius 1 is 1.38 bits per heavy atom. The fourth-order valence-electron chi connectivity index (χ4n) is 1.44. The average molecular weight is 247 g/mol. The van der Waals surface area contributed by atoms with Gasteiger partial charge >= 0.3 is 6.18 Å². The van der Waals surface area contributed by atoms with Crippen LogP contribution in [0.25, 0.3) is 10.2 Å². The number of nitrogens with one attached hydrogen (secondary N) is 1. The van der Waals surface area contributed by atoms with Gasteiger partial charge in [-0.3, -0.25) is 5.84 Å². The lowest BCUT2D eigenvalue weighted by Gasteiger charge is -2.11. The van der Waals surface area contributed by atoms with E-state index in [2.05, 4.69) is 10.4 Å². The number of aryl methyl sites for hydroxylation is 1. The smallest absolute Gasteiger partial charge is 0.323 e. The molecule has 1 aromatic heterocycles. The highest BCUT2D eigenvalue weighted by Crippen LogP contribution is 2.38. The highest BCUT2D eigenvalue weighted by atomic mass is 32.1. The first kappa shape index (κ1) is 11.2. The Balaban J connectivity index is 2.72. The van der Waals surface area contributed by atoms with Crippen molar-refractivity contribution in [2.75, 3.05) is 5.43 Å². The van der Waals surface area contributed by atoms with Gasteiger partial charge in [0.15, 0.2) is 0 Å². The third kappa shape index (κ3) is 1.83. The molecule has 0 amide bonds. The number of nitrogen functional groups attached to an aromatic ring is 1. The van der Waals surface area contributed by atoms with Crippen LogP contribution < -0.4 is 11.3 Å². The number of nitrogens with two attached hydrogens (primary N) is 1. The largest absolute Gasteiger partial charge is 0.418 e. The molecule has 16 heavy (non-hydrogen) atoms. The second-order valence-electron chi connectivity index (χ2n) is 3.24. The van der Waals surface area contributed by atoms with Crippen molar-refractivity contribution in [2.45, 2.75) is 13.1 Å². The summed E-state index contributed by atoms with van der Waals surface area (Å²) >= 11 is 1.33. The van der Waals surface area contributed by atoms with Crippen molar-refractivity contribution in [1.29, 1.82) is 0 Å². The predicted molar refractivity (Wildman–Crippen MR) is 57.2 cm³/mol. The normalized spacial score (nSPS) is 12.1. The number of hydrogen-bond donors (Lipinski definition) is 2. The van der Waals surface area contributed by atoms with Gasteiger partial charge in [-0.05, 0) is 19.1 Å². The SMILES string of the molecule is Cc1nc2cc(C(F)(F)F)c(NN)cc2s1. The Bertz CT molecular complexity index is 533. The van der Waals surface area contributed by atoms with E-state index in [0.29, 0.717) is 10.2 Å². The number of nitrogens with zero attached hydrogens (tertiary/aromatic N) is 1. The third-order valence-corrected chi connectivity index (χ3v) is 3.03. The summed E-state index contributed by atoms with van der Waals surface area (Å²) in [5, 5.41) is 0.720. The van der Waals surface area contributed by atoms with E-state index in [-0.39, 0.29) is 5.69 Å². The van der Waals surface area contributed by atoms with Crippen molar-refractivity contribution in [2.24, 2.45) is 5.84 Å². The van der Waals surface area contributed by atoms with E-state index >= 15 is 0 Å². The quantitative estimate of drug-likeness (QED) is 0.601. The molecule has 7 heteroatoms. The molecule has 86 valence electrons. The van der Waals surface area contributed by atoms with Crippen LogP contribution in [0.2, 0.25) is 0 Å². The van der Waals surface area contributed by atoms with Crippen LogP contribution in [-0.2, 0) is 6.18 Å². The summed E-state index contributed by atoms with van der Waals surface area (Å²) in [7, 11) is 0. The number of hydrogen-bond acceptors (Lipinski definition) is 4. The molecule has 3 N–H and O–H groups in total. The molecule has 2 aromatic rings. The van der Waals surface area contributed by atoms with Gasteiger partial charge in [0.05, 0.1) is 26.5 Å². The Morgan fingerprint density at radius 3 is 2.62 bits per heavy atom.